The first kappa shape index (κ1) is 28.0. The Labute approximate surface area is 212 Å². The minimum Gasteiger partial charge on any atom is -0.352 e. The molecule has 0 aliphatic rings. The fourth-order valence-corrected chi connectivity index (χ4v) is 4.56. The van der Waals surface area contributed by atoms with Crippen LogP contribution in [0.4, 0.5) is 5.69 Å². The molecule has 2 aromatic carbocycles. The van der Waals surface area contributed by atoms with Gasteiger partial charge >= 0.3 is 0 Å². The number of nitrogens with one attached hydrogen (secondary N) is 1. The molecule has 2 aromatic rings. The van der Waals surface area contributed by atoms with Crippen molar-refractivity contribution in [3.8, 4) is 0 Å². The standard InChI is InChI=1S/C24H31Cl2N3O4S/c1-5-17(3)27-24(31)22(6-2)28(15-18-9-7-8-10-21(18)26)23(30)16-29(34(4,32)33)20-13-11-19(25)12-14-20/h7-14,17,22H,5-6,15-16H2,1-4H3,(H,27,31)/t17-,22-/m1/s1. The minimum absolute atomic E-state index is 0.0587. The first-order valence-corrected chi connectivity index (χ1v) is 13.6. The third-order valence-corrected chi connectivity index (χ3v) is 7.24. The average molecular weight is 529 g/mol. The summed E-state index contributed by atoms with van der Waals surface area (Å²) in [5.41, 5.74) is 0.958. The highest BCUT2D eigenvalue weighted by Crippen LogP contribution is 2.23. The van der Waals surface area contributed by atoms with Crippen molar-refractivity contribution in [3.05, 3.63) is 64.1 Å². The first-order valence-electron chi connectivity index (χ1n) is 11.0. The Balaban J connectivity index is 2.44. The summed E-state index contributed by atoms with van der Waals surface area (Å²) in [6.07, 6.45) is 2.11. The molecular weight excluding hydrogens is 497 g/mol. The molecule has 0 aliphatic carbocycles. The number of rotatable bonds is 11. The van der Waals surface area contributed by atoms with Crippen LogP contribution in [0.25, 0.3) is 0 Å². The molecule has 0 aliphatic heterocycles. The monoisotopic (exact) mass is 527 g/mol. The summed E-state index contributed by atoms with van der Waals surface area (Å²) < 4.78 is 26.1. The van der Waals surface area contributed by atoms with E-state index in [2.05, 4.69) is 5.32 Å². The van der Waals surface area contributed by atoms with E-state index in [0.717, 1.165) is 17.0 Å². The van der Waals surface area contributed by atoms with Gasteiger partial charge in [0.1, 0.15) is 12.6 Å². The highest BCUT2D eigenvalue weighted by molar-refractivity contribution is 7.92. The third kappa shape index (κ3) is 7.61. The topological polar surface area (TPSA) is 86.8 Å². The second-order valence-electron chi connectivity index (χ2n) is 8.10. The largest absolute Gasteiger partial charge is 0.352 e. The fraction of sp³-hybridized carbons (Fsp3) is 0.417. The zero-order valence-electron chi connectivity index (χ0n) is 19.8. The molecule has 0 saturated heterocycles. The van der Waals surface area contributed by atoms with Crippen molar-refractivity contribution in [1.29, 1.82) is 0 Å². The van der Waals surface area contributed by atoms with Gasteiger partial charge in [0.2, 0.25) is 21.8 Å². The molecule has 186 valence electrons. The second-order valence-corrected chi connectivity index (χ2v) is 10.9. The summed E-state index contributed by atoms with van der Waals surface area (Å²) >= 11 is 12.3. The zero-order valence-corrected chi connectivity index (χ0v) is 22.1. The van der Waals surface area contributed by atoms with Gasteiger partial charge < -0.3 is 10.2 Å². The minimum atomic E-state index is -3.80. The van der Waals surface area contributed by atoms with Crippen LogP contribution in [0.1, 0.15) is 39.2 Å². The number of benzene rings is 2. The lowest BCUT2D eigenvalue weighted by Gasteiger charge is -2.33. The predicted octanol–water partition coefficient (Wildman–Crippen LogP) is 4.48. The predicted molar refractivity (Wildman–Crippen MR) is 138 cm³/mol. The summed E-state index contributed by atoms with van der Waals surface area (Å²) in [6.45, 7) is 5.23. The molecule has 2 amide bonds. The number of hydrogen-bond donors (Lipinski definition) is 1. The highest BCUT2D eigenvalue weighted by Gasteiger charge is 2.32. The number of nitrogens with zero attached hydrogens (tertiary/aromatic N) is 2. The summed E-state index contributed by atoms with van der Waals surface area (Å²) in [6, 6.07) is 12.3. The molecule has 34 heavy (non-hydrogen) atoms. The Kier molecular flexibility index (Phi) is 10.2. The van der Waals surface area contributed by atoms with E-state index in [1.165, 1.54) is 17.0 Å². The number of hydrogen-bond acceptors (Lipinski definition) is 4. The average Bonchev–Trinajstić information content (AvgIpc) is 2.78. The summed E-state index contributed by atoms with van der Waals surface area (Å²) in [4.78, 5) is 28.1. The second kappa shape index (κ2) is 12.4. The van der Waals surface area contributed by atoms with E-state index in [-0.39, 0.29) is 18.5 Å². The van der Waals surface area contributed by atoms with E-state index in [4.69, 9.17) is 23.2 Å². The van der Waals surface area contributed by atoms with Gasteiger partial charge in [0.05, 0.1) is 11.9 Å². The number of halogens is 2. The molecular formula is C24H31Cl2N3O4S. The molecule has 0 fully saturated rings. The van der Waals surface area contributed by atoms with Crippen molar-refractivity contribution in [2.75, 3.05) is 17.1 Å². The lowest BCUT2D eigenvalue weighted by atomic mass is 10.1. The van der Waals surface area contributed by atoms with Crippen LogP contribution in [0.3, 0.4) is 0 Å². The van der Waals surface area contributed by atoms with Gasteiger partial charge in [-0.25, -0.2) is 8.42 Å². The Morgan fingerprint density at radius 2 is 1.62 bits per heavy atom. The number of carbonyl (C=O) groups is 2. The Bertz CT molecular complexity index is 1090. The maximum Gasteiger partial charge on any atom is 0.244 e. The Hall–Kier alpha value is -2.29. The van der Waals surface area contributed by atoms with E-state index in [1.54, 1.807) is 43.3 Å². The summed E-state index contributed by atoms with van der Waals surface area (Å²) in [5, 5.41) is 3.82. The van der Waals surface area contributed by atoms with Crippen LogP contribution >= 0.6 is 23.2 Å². The summed E-state index contributed by atoms with van der Waals surface area (Å²) in [5.74, 6) is -0.818. The van der Waals surface area contributed by atoms with Gasteiger partial charge in [0.25, 0.3) is 0 Å². The lowest BCUT2D eigenvalue weighted by Crippen LogP contribution is -2.53. The molecule has 1 N–H and O–H groups in total. The summed E-state index contributed by atoms with van der Waals surface area (Å²) in [7, 11) is -3.80. The molecule has 0 bridgehead atoms. The lowest BCUT2D eigenvalue weighted by molar-refractivity contribution is -0.140. The van der Waals surface area contributed by atoms with Crippen LogP contribution in [0.15, 0.2) is 48.5 Å². The maximum absolute atomic E-state index is 13.6. The number of anilines is 1. The SMILES string of the molecule is CC[C@@H](C)NC(=O)[C@@H](CC)N(Cc1ccccc1Cl)C(=O)CN(c1ccc(Cl)cc1)S(C)(=O)=O. The van der Waals surface area contributed by atoms with Crippen LogP contribution in [0.5, 0.6) is 0 Å². The van der Waals surface area contributed by atoms with Crippen molar-refractivity contribution >= 4 is 50.7 Å². The van der Waals surface area contributed by atoms with Crippen molar-refractivity contribution < 1.29 is 18.0 Å². The van der Waals surface area contributed by atoms with E-state index in [0.29, 0.717) is 27.7 Å². The van der Waals surface area contributed by atoms with Crippen LogP contribution in [0.2, 0.25) is 10.0 Å². The number of amides is 2. The molecule has 7 nitrogen and oxygen atoms in total. The molecule has 0 spiro atoms. The van der Waals surface area contributed by atoms with Gasteiger partial charge in [-0.1, -0.05) is 55.2 Å². The Morgan fingerprint density at radius 3 is 2.15 bits per heavy atom. The molecule has 0 aromatic heterocycles. The molecule has 0 radical (unpaired) electrons. The van der Waals surface area contributed by atoms with Crippen molar-refractivity contribution in [3.63, 3.8) is 0 Å². The molecule has 0 saturated carbocycles. The van der Waals surface area contributed by atoms with E-state index < -0.39 is 28.5 Å². The van der Waals surface area contributed by atoms with Crippen molar-refractivity contribution in [1.82, 2.24) is 10.2 Å². The normalized spacial score (nSPS) is 13.1. The third-order valence-electron chi connectivity index (χ3n) is 5.48. The van der Waals surface area contributed by atoms with Crippen LogP contribution < -0.4 is 9.62 Å². The van der Waals surface area contributed by atoms with E-state index in [1.807, 2.05) is 13.8 Å². The van der Waals surface area contributed by atoms with Gasteiger partial charge in [0, 0.05) is 22.6 Å². The van der Waals surface area contributed by atoms with E-state index >= 15 is 0 Å². The molecule has 0 heterocycles. The quantitative estimate of drug-likeness (QED) is 0.466. The molecule has 2 atom stereocenters. The van der Waals surface area contributed by atoms with Crippen LogP contribution in [-0.2, 0) is 26.2 Å². The smallest absolute Gasteiger partial charge is 0.244 e. The van der Waals surface area contributed by atoms with Crippen molar-refractivity contribution in [2.24, 2.45) is 0 Å². The number of carbonyl (C=O) groups excluding carboxylic acids is 2. The van der Waals surface area contributed by atoms with Crippen LogP contribution in [-0.4, -0.2) is 50.0 Å². The van der Waals surface area contributed by atoms with E-state index in [9.17, 15) is 18.0 Å². The van der Waals surface area contributed by atoms with Crippen molar-refractivity contribution in [2.45, 2.75) is 52.2 Å². The fourth-order valence-electron chi connectivity index (χ4n) is 3.39. The van der Waals surface area contributed by atoms with Gasteiger partial charge in [-0.15, -0.1) is 0 Å². The van der Waals surface area contributed by atoms with Crippen LogP contribution in [0, 0.1) is 0 Å². The van der Waals surface area contributed by atoms with Gasteiger partial charge in [0.15, 0.2) is 0 Å². The first-order chi connectivity index (χ1) is 16.0. The zero-order chi connectivity index (χ0) is 25.5. The maximum atomic E-state index is 13.6. The Morgan fingerprint density at radius 1 is 1.00 bits per heavy atom. The highest BCUT2D eigenvalue weighted by atomic mass is 35.5. The molecule has 10 heteroatoms. The number of sulfonamides is 1. The molecule has 2 rings (SSSR count). The van der Waals surface area contributed by atoms with Gasteiger partial charge in [-0.05, 0) is 55.7 Å². The molecule has 0 unspecified atom stereocenters. The van der Waals surface area contributed by atoms with Gasteiger partial charge in [-0.2, -0.15) is 0 Å². The van der Waals surface area contributed by atoms with Gasteiger partial charge in [-0.3, -0.25) is 13.9 Å².